The summed E-state index contributed by atoms with van der Waals surface area (Å²) < 4.78 is 6.55. The molecule has 0 unspecified atom stereocenters. The van der Waals surface area contributed by atoms with Crippen molar-refractivity contribution in [1.29, 1.82) is 0 Å². The first kappa shape index (κ1) is 17.8. The molecule has 1 aliphatic carbocycles. The van der Waals surface area contributed by atoms with Crippen LogP contribution in [0.2, 0.25) is 5.02 Å². The first-order valence-corrected chi connectivity index (χ1v) is 10.00. The first-order valence-electron chi connectivity index (χ1n) is 9.62. The van der Waals surface area contributed by atoms with Crippen LogP contribution in [0, 0.1) is 6.92 Å². The Hall–Kier alpha value is -1.55. The van der Waals surface area contributed by atoms with Crippen LogP contribution in [-0.4, -0.2) is 30.1 Å². The molecule has 0 amide bonds. The molecule has 0 radical (unpaired) electrons. The van der Waals surface area contributed by atoms with Gasteiger partial charge in [0.25, 0.3) is 0 Å². The van der Waals surface area contributed by atoms with Gasteiger partial charge in [0.15, 0.2) is 0 Å². The van der Waals surface area contributed by atoms with Crippen molar-refractivity contribution in [3.8, 4) is 5.75 Å². The fraction of sp³-hybridized carbons (Fsp3) is 0.455. The number of benzene rings is 2. The highest BCUT2D eigenvalue weighted by Gasteiger charge is 2.36. The van der Waals surface area contributed by atoms with E-state index in [1.54, 1.807) is 0 Å². The van der Waals surface area contributed by atoms with E-state index in [2.05, 4.69) is 29.2 Å². The van der Waals surface area contributed by atoms with Crippen molar-refractivity contribution in [2.24, 2.45) is 5.73 Å². The standard InChI is InChI=1S/C22H27ClN2O/c1-15-8-10-18(13-20(15)23)26-22-19-7-3-2-5-16(19)9-11-21(22)25-12-4-6-17(24)14-25/h2-3,5,7-8,10,13,17,21-22H,4,6,9,11-12,14,24H2,1H3/t17-,21+,22+/m1/s1. The maximum absolute atomic E-state index is 6.55. The molecule has 3 atom stereocenters. The smallest absolute Gasteiger partial charge is 0.139 e. The van der Waals surface area contributed by atoms with E-state index in [0.717, 1.165) is 48.7 Å². The summed E-state index contributed by atoms with van der Waals surface area (Å²) in [5.74, 6) is 0.841. The molecule has 1 heterocycles. The van der Waals surface area contributed by atoms with E-state index in [1.165, 1.54) is 17.5 Å². The lowest BCUT2D eigenvalue weighted by Gasteiger charge is -2.43. The molecule has 2 aromatic carbocycles. The molecule has 4 heteroatoms. The van der Waals surface area contributed by atoms with Gasteiger partial charge in [-0.15, -0.1) is 0 Å². The molecular formula is C22H27ClN2O. The molecule has 1 fully saturated rings. The maximum Gasteiger partial charge on any atom is 0.139 e. The summed E-state index contributed by atoms with van der Waals surface area (Å²) in [7, 11) is 0. The van der Waals surface area contributed by atoms with E-state index in [4.69, 9.17) is 22.1 Å². The van der Waals surface area contributed by atoms with Crippen LogP contribution in [0.5, 0.6) is 5.75 Å². The third kappa shape index (κ3) is 3.62. The minimum atomic E-state index is 0.0176. The highest BCUT2D eigenvalue weighted by molar-refractivity contribution is 6.31. The Kier molecular flexibility index (Phi) is 5.21. The monoisotopic (exact) mass is 370 g/mol. The molecule has 138 valence electrons. The fourth-order valence-corrected chi connectivity index (χ4v) is 4.52. The molecular weight excluding hydrogens is 344 g/mol. The van der Waals surface area contributed by atoms with Crippen molar-refractivity contribution in [3.63, 3.8) is 0 Å². The average molecular weight is 371 g/mol. The number of nitrogens with zero attached hydrogens (tertiary/aromatic N) is 1. The lowest BCUT2D eigenvalue weighted by atomic mass is 9.84. The molecule has 0 spiro atoms. The fourth-order valence-electron chi connectivity index (χ4n) is 4.35. The van der Waals surface area contributed by atoms with Crippen LogP contribution in [-0.2, 0) is 6.42 Å². The van der Waals surface area contributed by atoms with Crippen molar-refractivity contribution in [2.75, 3.05) is 13.1 Å². The molecule has 0 bridgehead atoms. The number of hydrogen-bond acceptors (Lipinski definition) is 3. The lowest BCUT2D eigenvalue weighted by Crippen LogP contribution is -2.51. The lowest BCUT2D eigenvalue weighted by molar-refractivity contribution is 0.0367. The van der Waals surface area contributed by atoms with Crippen molar-refractivity contribution in [3.05, 3.63) is 64.2 Å². The summed E-state index contributed by atoms with van der Waals surface area (Å²) in [5, 5.41) is 0.753. The van der Waals surface area contributed by atoms with Crippen LogP contribution in [0.15, 0.2) is 42.5 Å². The van der Waals surface area contributed by atoms with Gasteiger partial charge in [0, 0.05) is 17.6 Å². The number of ether oxygens (including phenoxy) is 1. The van der Waals surface area contributed by atoms with Crippen molar-refractivity contribution < 1.29 is 4.74 Å². The highest BCUT2D eigenvalue weighted by atomic mass is 35.5. The SMILES string of the molecule is Cc1ccc(O[C@H]2c3ccccc3CC[C@@H]2N2CCC[C@@H](N)C2)cc1Cl. The number of aryl methyl sites for hydroxylation is 2. The van der Waals surface area contributed by atoms with E-state index in [0.29, 0.717) is 6.04 Å². The van der Waals surface area contributed by atoms with Crippen LogP contribution < -0.4 is 10.5 Å². The predicted octanol–water partition coefficient (Wildman–Crippen LogP) is 4.51. The zero-order valence-corrected chi connectivity index (χ0v) is 16.1. The van der Waals surface area contributed by atoms with Crippen LogP contribution in [0.1, 0.15) is 42.1 Å². The highest BCUT2D eigenvalue weighted by Crippen LogP contribution is 2.38. The molecule has 26 heavy (non-hydrogen) atoms. The number of rotatable bonds is 3. The largest absolute Gasteiger partial charge is 0.484 e. The number of hydrogen-bond donors (Lipinski definition) is 1. The molecule has 0 saturated carbocycles. The van der Waals surface area contributed by atoms with E-state index < -0.39 is 0 Å². The van der Waals surface area contributed by atoms with Gasteiger partial charge >= 0.3 is 0 Å². The number of halogens is 1. The second kappa shape index (κ2) is 7.59. The summed E-state index contributed by atoms with van der Waals surface area (Å²) in [5.41, 5.74) is 10.0. The summed E-state index contributed by atoms with van der Waals surface area (Å²) in [6, 6.07) is 15.3. The number of fused-ring (bicyclic) bond motifs is 1. The van der Waals surface area contributed by atoms with Gasteiger partial charge in [0.2, 0.25) is 0 Å². The van der Waals surface area contributed by atoms with Crippen LogP contribution in [0.3, 0.4) is 0 Å². The Morgan fingerprint density at radius 1 is 1.15 bits per heavy atom. The number of piperidine rings is 1. The minimum Gasteiger partial charge on any atom is -0.484 e. The maximum atomic E-state index is 6.55. The van der Waals surface area contributed by atoms with Gasteiger partial charge in [-0.05, 0) is 68.0 Å². The average Bonchev–Trinajstić information content (AvgIpc) is 2.65. The van der Waals surface area contributed by atoms with Gasteiger partial charge in [-0.2, -0.15) is 0 Å². The van der Waals surface area contributed by atoms with E-state index >= 15 is 0 Å². The molecule has 4 rings (SSSR count). The third-order valence-corrected chi connectivity index (χ3v) is 6.19. The van der Waals surface area contributed by atoms with E-state index in [-0.39, 0.29) is 12.1 Å². The zero-order chi connectivity index (χ0) is 18.1. The predicted molar refractivity (Wildman–Crippen MR) is 107 cm³/mol. The van der Waals surface area contributed by atoms with Crippen molar-refractivity contribution >= 4 is 11.6 Å². The van der Waals surface area contributed by atoms with Crippen molar-refractivity contribution in [2.45, 2.75) is 50.8 Å². The van der Waals surface area contributed by atoms with Crippen molar-refractivity contribution in [1.82, 2.24) is 4.90 Å². The molecule has 2 N–H and O–H groups in total. The molecule has 2 aliphatic rings. The van der Waals surface area contributed by atoms with Gasteiger partial charge in [-0.1, -0.05) is 41.9 Å². The number of likely N-dealkylation sites (tertiary alicyclic amines) is 1. The van der Waals surface area contributed by atoms with Gasteiger partial charge < -0.3 is 10.5 Å². The third-order valence-electron chi connectivity index (χ3n) is 5.79. The van der Waals surface area contributed by atoms with Gasteiger partial charge in [0.05, 0.1) is 6.04 Å². The summed E-state index contributed by atoms with van der Waals surface area (Å²) in [6.07, 6.45) is 4.51. The van der Waals surface area contributed by atoms with Crippen LogP contribution in [0.4, 0.5) is 0 Å². The number of nitrogens with two attached hydrogens (primary N) is 1. The van der Waals surface area contributed by atoms with Crippen LogP contribution >= 0.6 is 11.6 Å². The zero-order valence-electron chi connectivity index (χ0n) is 15.3. The van der Waals surface area contributed by atoms with Gasteiger partial charge in [-0.25, -0.2) is 0 Å². The summed E-state index contributed by atoms with van der Waals surface area (Å²) >= 11 is 6.33. The Balaban J connectivity index is 1.66. The molecule has 1 saturated heterocycles. The second-order valence-corrected chi connectivity index (χ2v) is 8.06. The first-order chi connectivity index (χ1) is 12.6. The summed E-state index contributed by atoms with van der Waals surface area (Å²) in [4.78, 5) is 2.55. The molecule has 1 aliphatic heterocycles. The molecule has 3 nitrogen and oxygen atoms in total. The quantitative estimate of drug-likeness (QED) is 0.864. The van der Waals surface area contributed by atoms with Gasteiger partial charge in [0.1, 0.15) is 11.9 Å². The molecule has 0 aromatic heterocycles. The topological polar surface area (TPSA) is 38.5 Å². The summed E-state index contributed by atoms with van der Waals surface area (Å²) in [6.45, 7) is 4.08. The Bertz CT molecular complexity index is 778. The van der Waals surface area contributed by atoms with Gasteiger partial charge in [-0.3, -0.25) is 4.90 Å². The van der Waals surface area contributed by atoms with E-state index in [1.807, 2.05) is 25.1 Å². The Labute approximate surface area is 161 Å². The second-order valence-electron chi connectivity index (χ2n) is 7.65. The molecule has 2 aromatic rings. The normalized spacial score (nSPS) is 26.3. The Morgan fingerprint density at radius 3 is 2.81 bits per heavy atom. The Morgan fingerprint density at radius 2 is 2.00 bits per heavy atom. The minimum absolute atomic E-state index is 0.0176. The van der Waals surface area contributed by atoms with Crippen LogP contribution in [0.25, 0.3) is 0 Å². The van der Waals surface area contributed by atoms with E-state index in [9.17, 15) is 0 Å².